The minimum atomic E-state index is -2.63. The zero-order valence-electron chi connectivity index (χ0n) is 16.6. The third-order valence-corrected chi connectivity index (χ3v) is 5.30. The third kappa shape index (κ3) is 6.76. The number of ether oxygens (including phenoxy) is 3. The van der Waals surface area contributed by atoms with Crippen molar-refractivity contribution in [2.24, 2.45) is 0 Å². The van der Waals surface area contributed by atoms with E-state index in [1.54, 1.807) is 45.0 Å². The summed E-state index contributed by atoms with van der Waals surface area (Å²) in [5.41, 5.74) is -2.27. The lowest BCUT2D eigenvalue weighted by atomic mass is 9.93. The first-order valence-corrected chi connectivity index (χ1v) is 10.5. The van der Waals surface area contributed by atoms with Crippen molar-refractivity contribution < 1.29 is 33.7 Å². The normalized spacial score (nSPS) is 12.4. The van der Waals surface area contributed by atoms with Crippen molar-refractivity contribution >= 4 is 41.3 Å². The standard InChI is InChI=1S/C20H25ClO7S/c1-4-26-16(22)12-9-13-29-17(14-10-7-8-11-15(14)21)20(25,18(23)27-5-2)19(24)28-6-3/h7-12,17,25H,4-6,13H2,1-3H3/b12-9+. The predicted molar refractivity (Wildman–Crippen MR) is 111 cm³/mol. The van der Waals surface area contributed by atoms with Gasteiger partial charge in [0.05, 0.1) is 25.1 Å². The second-order valence-electron chi connectivity index (χ2n) is 5.60. The molecule has 0 amide bonds. The zero-order chi connectivity index (χ0) is 21.9. The topological polar surface area (TPSA) is 99.1 Å². The van der Waals surface area contributed by atoms with Crippen molar-refractivity contribution in [3.05, 3.63) is 47.0 Å². The summed E-state index contributed by atoms with van der Waals surface area (Å²) in [5.74, 6) is -2.61. The van der Waals surface area contributed by atoms with Gasteiger partial charge in [0, 0.05) is 16.9 Å². The summed E-state index contributed by atoms with van der Waals surface area (Å²) in [4.78, 5) is 36.7. The van der Waals surface area contributed by atoms with E-state index in [-0.39, 0.29) is 30.6 Å². The lowest BCUT2D eigenvalue weighted by Crippen LogP contribution is -2.52. The highest BCUT2D eigenvalue weighted by atomic mass is 35.5. The van der Waals surface area contributed by atoms with Crippen molar-refractivity contribution in [1.82, 2.24) is 0 Å². The first kappa shape index (κ1) is 25.0. The lowest BCUT2D eigenvalue weighted by Gasteiger charge is -2.32. The van der Waals surface area contributed by atoms with Crippen molar-refractivity contribution in [1.29, 1.82) is 0 Å². The fraction of sp³-hybridized carbons (Fsp3) is 0.450. The number of rotatable bonds is 11. The summed E-state index contributed by atoms with van der Waals surface area (Å²) < 4.78 is 14.7. The van der Waals surface area contributed by atoms with E-state index in [2.05, 4.69) is 0 Å². The van der Waals surface area contributed by atoms with Gasteiger partial charge in [-0.3, -0.25) is 0 Å². The number of hydrogen-bond donors (Lipinski definition) is 1. The largest absolute Gasteiger partial charge is 0.463 e. The van der Waals surface area contributed by atoms with Gasteiger partial charge in [-0.1, -0.05) is 35.9 Å². The van der Waals surface area contributed by atoms with E-state index in [4.69, 9.17) is 25.8 Å². The summed E-state index contributed by atoms with van der Waals surface area (Å²) >= 11 is 7.31. The Morgan fingerprint density at radius 2 is 1.62 bits per heavy atom. The molecule has 29 heavy (non-hydrogen) atoms. The van der Waals surface area contributed by atoms with Crippen LogP contribution in [-0.2, 0) is 28.6 Å². The zero-order valence-corrected chi connectivity index (χ0v) is 18.1. The first-order valence-electron chi connectivity index (χ1n) is 9.08. The highest BCUT2D eigenvalue weighted by Gasteiger charge is 2.55. The second kappa shape index (κ2) is 12.5. The van der Waals surface area contributed by atoms with Gasteiger partial charge in [-0.15, -0.1) is 11.8 Å². The average Bonchev–Trinajstić information content (AvgIpc) is 2.69. The van der Waals surface area contributed by atoms with Crippen molar-refractivity contribution in [2.45, 2.75) is 31.6 Å². The van der Waals surface area contributed by atoms with Crippen LogP contribution in [0.3, 0.4) is 0 Å². The SMILES string of the molecule is CCOC(=O)/C=C/CSC(c1ccccc1Cl)C(O)(C(=O)OCC)C(=O)OCC. The molecule has 1 rings (SSSR count). The van der Waals surface area contributed by atoms with Crippen LogP contribution in [0.1, 0.15) is 31.6 Å². The lowest BCUT2D eigenvalue weighted by molar-refractivity contribution is -0.183. The number of benzene rings is 1. The van der Waals surface area contributed by atoms with E-state index in [9.17, 15) is 19.5 Å². The maximum Gasteiger partial charge on any atom is 0.351 e. The van der Waals surface area contributed by atoms with E-state index >= 15 is 0 Å². The van der Waals surface area contributed by atoms with Crippen LogP contribution in [0.25, 0.3) is 0 Å². The van der Waals surface area contributed by atoms with E-state index in [1.807, 2.05) is 0 Å². The van der Waals surface area contributed by atoms with Crippen LogP contribution < -0.4 is 0 Å². The molecule has 0 aromatic heterocycles. The monoisotopic (exact) mass is 444 g/mol. The molecule has 0 bridgehead atoms. The smallest absolute Gasteiger partial charge is 0.351 e. The van der Waals surface area contributed by atoms with Crippen LogP contribution in [0.4, 0.5) is 0 Å². The fourth-order valence-electron chi connectivity index (χ4n) is 2.39. The highest BCUT2D eigenvalue weighted by Crippen LogP contribution is 2.43. The molecule has 0 heterocycles. The molecular weight excluding hydrogens is 420 g/mol. The molecule has 1 N–H and O–H groups in total. The molecule has 0 saturated heterocycles. The van der Waals surface area contributed by atoms with Gasteiger partial charge in [0.15, 0.2) is 0 Å². The summed E-state index contributed by atoms with van der Waals surface area (Å²) in [6.07, 6.45) is 2.73. The van der Waals surface area contributed by atoms with Crippen LogP contribution >= 0.6 is 23.4 Å². The summed E-state index contributed by atoms with van der Waals surface area (Å²) in [5, 5.41) is 10.3. The molecule has 0 aliphatic rings. The Labute approximate surface area is 179 Å². The van der Waals surface area contributed by atoms with Gasteiger partial charge < -0.3 is 19.3 Å². The van der Waals surface area contributed by atoms with Gasteiger partial charge in [0.25, 0.3) is 5.60 Å². The molecule has 0 saturated carbocycles. The Bertz CT molecular complexity index is 717. The number of carbonyl (C=O) groups is 3. The van der Waals surface area contributed by atoms with Gasteiger partial charge in [-0.2, -0.15) is 0 Å². The Kier molecular flexibility index (Phi) is 10.8. The molecule has 0 spiro atoms. The van der Waals surface area contributed by atoms with Gasteiger partial charge in [0.2, 0.25) is 0 Å². The van der Waals surface area contributed by atoms with Crippen LogP contribution in [-0.4, -0.2) is 54.2 Å². The third-order valence-electron chi connectivity index (χ3n) is 3.64. The molecule has 9 heteroatoms. The molecule has 1 aromatic carbocycles. The van der Waals surface area contributed by atoms with Crippen LogP contribution in [0.5, 0.6) is 0 Å². The molecule has 1 aromatic rings. The number of hydrogen-bond acceptors (Lipinski definition) is 8. The maximum atomic E-state index is 12.6. The Morgan fingerprint density at radius 3 is 2.14 bits per heavy atom. The number of halogens is 1. The minimum Gasteiger partial charge on any atom is -0.463 e. The number of aliphatic hydroxyl groups is 1. The number of esters is 3. The van der Waals surface area contributed by atoms with Gasteiger partial charge in [-0.05, 0) is 32.4 Å². The first-order chi connectivity index (χ1) is 13.8. The Hall–Kier alpha value is -2.03. The highest BCUT2D eigenvalue weighted by molar-refractivity contribution is 7.99. The summed E-state index contributed by atoms with van der Waals surface area (Å²) in [7, 11) is 0. The van der Waals surface area contributed by atoms with Gasteiger partial charge >= 0.3 is 17.9 Å². The molecule has 0 fully saturated rings. The minimum absolute atomic E-state index is 0.0385. The van der Waals surface area contributed by atoms with Crippen molar-refractivity contribution in [2.75, 3.05) is 25.6 Å². The average molecular weight is 445 g/mol. The van der Waals surface area contributed by atoms with Crippen molar-refractivity contribution in [3.8, 4) is 0 Å². The molecule has 0 aliphatic carbocycles. The molecule has 0 aliphatic heterocycles. The van der Waals surface area contributed by atoms with E-state index in [0.29, 0.717) is 5.56 Å². The molecule has 0 radical (unpaired) electrons. The van der Waals surface area contributed by atoms with Crippen molar-refractivity contribution in [3.63, 3.8) is 0 Å². The molecule has 160 valence electrons. The van der Waals surface area contributed by atoms with E-state index < -0.39 is 28.8 Å². The molecule has 7 nitrogen and oxygen atoms in total. The Morgan fingerprint density at radius 1 is 1.07 bits per heavy atom. The maximum absolute atomic E-state index is 12.6. The quantitative estimate of drug-likeness (QED) is 0.240. The molecule has 1 unspecified atom stereocenters. The van der Waals surface area contributed by atoms with Gasteiger partial charge in [0.1, 0.15) is 0 Å². The van der Waals surface area contributed by atoms with E-state index in [1.165, 1.54) is 12.2 Å². The van der Waals surface area contributed by atoms with Crippen LogP contribution in [0, 0.1) is 0 Å². The molecule has 1 atom stereocenters. The second-order valence-corrected chi connectivity index (χ2v) is 7.14. The molecular formula is C20H25ClO7S. The van der Waals surface area contributed by atoms with Crippen LogP contribution in [0.15, 0.2) is 36.4 Å². The van der Waals surface area contributed by atoms with E-state index in [0.717, 1.165) is 11.8 Å². The summed E-state index contributed by atoms with van der Waals surface area (Å²) in [6.45, 7) is 4.97. The number of carbonyl (C=O) groups excluding carboxylic acids is 3. The summed E-state index contributed by atoms with van der Waals surface area (Å²) in [6, 6.07) is 6.52. The predicted octanol–water partition coefficient (Wildman–Crippen LogP) is 3.09. The number of thioether (sulfide) groups is 1. The van der Waals surface area contributed by atoms with Crippen LogP contribution in [0.2, 0.25) is 5.02 Å². The Balaban J connectivity index is 3.31. The fourth-order valence-corrected chi connectivity index (χ4v) is 3.92. The van der Waals surface area contributed by atoms with Gasteiger partial charge in [-0.25, -0.2) is 14.4 Å².